The lowest BCUT2D eigenvalue weighted by Gasteiger charge is -2.10. The first-order valence-corrected chi connectivity index (χ1v) is 4.49. The molecule has 1 amide bonds. The van der Waals surface area contributed by atoms with Crippen LogP contribution in [-0.2, 0) is 4.79 Å². The van der Waals surface area contributed by atoms with Crippen LogP contribution >= 0.6 is 0 Å². The highest BCUT2D eigenvalue weighted by molar-refractivity contribution is 5.73. The van der Waals surface area contributed by atoms with E-state index in [9.17, 15) is 4.79 Å². The van der Waals surface area contributed by atoms with Gasteiger partial charge in [-0.15, -0.1) is 0 Å². The van der Waals surface area contributed by atoms with Gasteiger partial charge in [-0.25, -0.2) is 0 Å². The fraction of sp³-hybridized carbons (Fsp3) is 0.889. The lowest BCUT2D eigenvalue weighted by Crippen LogP contribution is -2.10. The van der Waals surface area contributed by atoms with Gasteiger partial charge in [0.2, 0.25) is 5.91 Å². The molecule has 11 heavy (non-hydrogen) atoms. The zero-order valence-corrected chi connectivity index (χ0v) is 7.60. The Kier molecular flexibility index (Phi) is 5.90. The van der Waals surface area contributed by atoms with E-state index >= 15 is 0 Å². The minimum absolute atomic E-state index is 0.170. The average Bonchev–Trinajstić information content (AvgIpc) is 1.98. The van der Waals surface area contributed by atoms with Crippen molar-refractivity contribution in [1.29, 1.82) is 0 Å². The molecule has 0 fully saturated rings. The highest BCUT2D eigenvalue weighted by atomic mass is 16.1. The highest BCUT2D eigenvalue weighted by Crippen LogP contribution is 2.15. The van der Waals surface area contributed by atoms with Gasteiger partial charge >= 0.3 is 0 Å². The predicted molar refractivity (Wildman–Crippen MR) is 47.1 cm³/mol. The molecule has 0 saturated heterocycles. The molecular weight excluding hydrogens is 138 g/mol. The van der Waals surface area contributed by atoms with Crippen LogP contribution < -0.4 is 5.73 Å². The van der Waals surface area contributed by atoms with Crippen molar-refractivity contribution in [3.05, 3.63) is 0 Å². The summed E-state index contributed by atoms with van der Waals surface area (Å²) in [6.07, 6.45) is 5.10. The molecule has 0 aliphatic carbocycles. The van der Waals surface area contributed by atoms with Crippen molar-refractivity contribution in [2.24, 2.45) is 11.7 Å². The monoisotopic (exact) mass is 157 g/mol. The molecule has 0 saturated carbocycles. The number of hydrogen-bond acceptors (Lipinski definition) is 1. The highest BCUT2D eigenvalue weighted by Gasteiger charge is 2.03. The van der Waals surface area contributed by atoms with Crippen LogP contribution in [-0.4, -0.2) is 5.91 Å². The molecule has 2 nitrogen and oxygen atoms in total. The maximum Gasteiger partial charge on any atom is 0.217 e. The van der Waals surface area contributed by atoms with Crippen molar-refractivity contribution >= 4 is 5.91 Å². The smallest absolute Gasteiger partial charge is 0.217 e. The van der Waals surface area contributed by atoms with E-state index in [1.54, 1.807) is 0 Å². The van der Waals surface area contributed by atoms with Crippen molar-refractivity contribution in [3.8, 4) is 0 Å². The molecule has 0 aliphatic rings. The molecule has 0 rings (SSSR count). The van der Waals surface area contributed by atoms with Crippen molar-refractivity contribution in [2.45, 2.75) is 46.0 Å². The summed E-state index contributed by atoms with van der Waals surface area (Å²) in [6, 6.07) is 0. The van der Waals surface area contributed by atoms with E-state index in [4.69, 9.17) is 5.73 Å². The number of nitrogens with two attached hydrogens (primary N) is 1. The number of primary amides is 1. The van der Waals surface area contributed by atoms with Crippen molar-refractivity contribution in [1.82, 2.24) is 0 Å². The van der Waals surface area contributed by atoms with Crippen LogP contribution in [0.15, 0.2) is 0 Å². The predicted octanol–water partition coefficient (Wildman–Crippen LogP) is 2.08. The second-order valence-corrected chi connectivity index (χ2v) is 3.04. The van der Waals surface area contributed by atoms with E-state index in [0.717, 1.165) is 18.8 Å². The minimum Gasteiger partial charge on any atom is -0.370 e. The van der Waals surface area contributed by atoms with Crippen LogP contribution in [0.4, 0.5) is 0 Å². The van der Waals surface area contributed by atoms with E-state index in [1.807, 2.05) is 0 Å². The van der Waals surface area contributed by atoms with E-state index in [2.05, 4.69) is 13.8 Å². The molecule has 0 aromatic heterocycles. The Hall–Kier alpha value is -0.530. The normalized spacial score (nSPS) is 10.5. The van der Waals surface area contributed by atoms with E-state index in [-0.39, 0.29) is 5.91 Å². The number of hydrogen-bond donors (Lipinski definition) is 1. The topological polar surface area (TPSA) is 43.1 Å². The fourth-order valence-corrected chi connectivity index (χ4v) is 1.26. The van der Waals surface area contributed by atoms with Gasteiger partial charge in [-0.1, -0.05) is 26.7 Å². The summed E-state index contributed by atoms with van der Waals surface area (Å²) >= 11 is 0. The molecule has 0 atom stereocenters. The second kappa shape index (κ2) is 6.20. The van der Waals surface area contributed by atoms with Gasteiger partial charge in [0, 0.05) is 6.42 Å². The molecule has 0 unspecified atom stereocenters. The summed E-state index contributed by atoms with van der Waals surface area (Å²) in [5.74, 6) is 0.616. The average molecular weight is 157 g/mol. The summed E-state index contributed by atoms with van der Waals surface area (Å²) in [5, 5.41) is 0. The first kappa shape index (κ1) is 10.5. The summed E-state index contributed by atoms with van der Waals surface area (Å²) in [7, 11) is 0. The van der Waals surface area contributed by atoms with Gasteiger partial charge in [0.05, 0.1) is 0 Å². The standard InChI is InChI=1S/C9H19NO/c1-3-8(4-2)6-5-7-9(10)11/h8H,3-7H2,1-2H3,(H2,10,11). The minimum atomic E-state index is -0.170. The first-order valence-electron chi connectivity index (χ1n) is 4.49. The van der Waals surface area contributed by atoms with Gasteiger partial charge in [-0.2, -0.15) is 0 Å². The second-order valence-electron chi connectivity index (χ2n) is 3.04. The Morgan fingerprint density at radius 1 is 1.36 bits per heavy atom. The molecule has 2 N–H and O–H groups in total. The Morgan fingerprint density at radius 2 is 1.91 bits per heavy atom. The number of carbonyl (C=O) groups is 1. The van der Waals surface area contributed by atoms with E-state index in [0.29, 0.717) is 6.42 Å². The van der Waals surface area contributed by atoms with Gasteiger partial charge in [0.1, 0.15) is 0 Å². The molecule has 0 bridgehead atoms. The molecule has 0 radical (unpaired) electrons. The third-order valence-electron chi connectivity index (χ3n) is 2.19. The van der Waals surface area contributed by atoms with Crippen molar-refractivity contribution < 1.29 is 4.79 Å². The van der Waals surface area contributed by atoms with Crippen molar-refractivity contribution in [3.63, 3.8) is 0 Å². The van der Waals surface area contributed by atoms with E-state index < -0.39 is 0 Å². The molecule has 0 spiro atoms. The van der Waals surface area contributed by atoms with Crippen LogP contribution in [0.3, 0.4) is 0 Å². The van der Waals surface area contributed by atoms with Crippen LogP contribution in [0.5, 0.6) is 0 Å². The maximum atomic E-state index is 10.4. The molecule has 0 aromatic rings. The van der Waals surface area contributed by atoms with Crippen molar-refractivity contribution in [2.75, 3.05) is 0 Å². The van der Waals surface area contributed by atoms with Gasteiger partial charge in [0.25, 0.3) is 0 Å². The van der Waals surface area contributed by atoms with E-state index in [1.165, 1.54) is 12.8 Å². The third-order valence-corrected chi connectivity index (χ3v) is 2.19. The fourth-order valence-electron chi connectivity index (χ4n) is 1.26. The number of rotatable bonds is 6. The summed E-state index contributed by atoms with van der Waals surface area (Å²) in [4.78, 5) is 10.4. The molecule has 66 valence electrons. The summed E-state index contributed by atoms with van der Waals surface area (Å²) < 4.78 is 0. The Balaban J connectivity index is 3.28. The number of amides is 1. The lowest BCUT2D eigenvalue weighted by molar-refractivity contribution is -0.118. The zero-order chi connectivity index (χ0) is 8.69. The Labute approximate surface area is 69.2 Å². The van der Waals surface area contributed by atoms with Crippen LogP contribution in [0.25, 0.3) is 0 Å². The lowest BCUT2D eigenvalue weighted by atomic mass is 9.97. The van der Waals surface area contributed by atoms with Gasteiger partial charge in [0.15, 0.2) is 0 Å². The Morgan fingerprint density at radius 3 is 2.27 bits per heavy atom. The molecule has 2 heteroatoms. The van der Waals surface area contributed by atoms with Gasteiger partial charge < -0.3 is 5.73 Å². The van der Waals surface area contributed by atoms with Crippen LogP contribution in [0.1, 0.15) is 46.0 Å². The molecular formula is C9H19NO. The first-order chi connectivity index (χ1) is 5.20. The number of carbonyl (C=O) groups excluding carboxylic acids is 1. The molecule has 0 heterocycles. The van der Waals surface area contributed by atoms with Crippen LogP contribution in [0, 0.1) is 5.92 Å². The van der Waals surface area contributed by atoms with Gasteiger partial charge in [-0.05, 0) is 18.8 Å². The van der Waals surface area contributed by atoms with Gasteiger partial charge in [-0.3, -0.25) is 4.79 Å². The largest absolute Gasteiger partial charge is 0.370 e. The Bertz CT molecular complexity index is 108. The summed E-state index contributed by atoms with van der Waals surface area (Å²) in [5.41, 5.74) is 5.02. The third kappa shape index (κ3) is 5.89. The summed E-state index contributed by atoms with van der Waals surface area (Å²) in [6.45, 7) is 4.39. The maximum absolute atomic E-state index is 10.4. The SMILES string of the molecule is CCC(CC)CCCC(N)=O. The molecule has 0 aliphatic heterocycles. The molecule has 0 aromatic carbocycles. The zero-order valence-electron chi connectivity index (χ0n) is 7.60. The quantitative estimate of drug-likeness (QED) is 0.630. The van der Waals surface area contributed by atoms with Crippen LogP contribution in [0.2, 0.25) is 0 Å².